The van der Waals surface area contributed by atoms with Crippen LogP contribution < -0.4 is 30.3 Å². The van der Waals surface area contributed by atoms with Gasteiger partial charge in [-0.25, -0.2) is 14.0 Å². The Bertz CT molecular complexity index is 1490. The number of esters is 1. The lowest BCUT2D eigenvalue weighted by atomic mass is 9.95. The molecule has 43 heavy (non-hydrogen) atoms. The van der Waals surface area contributed by atoms with Gasteiger partial charge in [0.1, 0.15) is 24.8 Å². The molecule has 3 aromatic rings. The minimum Gasteiger partial charge on any atom is -0.490 e. The predicted molar refractivity (Wildman–Crippen MR) is 156 cm³/mol. The van der Waals surface area contributed by atoms with Gasteiger partial charge in [-0.3, -0.25) is 5.43 Å². The first-order chi connectivity index (χ1) is 20.8. The summed E-state index contributed by atoms with van der Waals surface area (Å²) in [7, 11) is 1.27. The molecule has 11 nitrogen and oxygen atoms in total. The average molecular weight is 593 g/mol. The third kappa shape index (κ3) is 8.46. The van der Waals surface area contributed by atoms with E-state index in [1.165, 1.54) is 25.5 Å². The molecule has 2 atom stereocenters. The zero-order chi connectivity index (χ0) is 30.8. The van der Waals surface area contributed by atoms with Gasteiger partial charge in [0.2, 0.25) is 0 Å². The van der Waals surface area contributed by atoms with E-state index in [0.29, 0.717) is 35.1 Å². The van der Waals surface area contributed by atoms with Gasteiger partial charge < -0.3 is 34.7 Å². The maximum atomic E-state index is 13.1. The lowest BCUT2D eigenvalue weighted by Crippen LogP contribution is -2.45. The molecule has 12 heteroatoms. The molecule has 0 bridgehead atoms. The van der Waals surface area contributed by atoms with Crippen molar-refractivity contribution in [3.05, 3.63) is 101 Å². The predicted octanol–water partition coefficient (Wildman–Crippen LogP) is 3.93. The number of rotatable bonds is 13. The van der Waals surface area contributed by atoms with Crippen LogP contribution in [0.3, 0.4) is 0 Å². The van der Waals surface area contributed by atoms with E-state index in [1.807, 2.05) is 6.07 Å². The number of hydrogen-bond acceptors (Lipinski definition) is 9. The molecule has 0 aromatic heterocycles. The molecule has 0 radical (unpaired) electrons. The molecule has 0 aliphatic carbocycles. The molecule has 0 spiro atoms. The van der Waals surface area contributed by atoms with Crippen LogP contribution in [-0.2, 0) is 16.1 Å². The highest BCUT2D eigenvalue weighted by Crippen LogP contribution is 2.35. The molecule has 3 aromatic carbocycles. The molecule has 0 fully saturated rings. The number of urea groups is 1. The fourth-order valence-corrected chi connectivity index (χ4v) is 4.25. The summed E-state index contributed by atoms with van der Waals surface area (Å²) in [6, 6.07) is 17.0. The number of carbonyl (C=O) groups is 2. The Morgan fingerprint density at radius 3 is 2.63 bits per heavy atom. The van der Waals surface area contributed by atoms with Crippen LogP contribution >= 0.6 is 0 Å². The highest BCUT2D eigenvalue weighted by atomic mass is 19.1. The van der Waals surface area contributed by atoms with E-state index in [1.54, 1.807) is 62.4 Å². The van der Waals surface area contributed by atoms with Crippen molar-refractivity contribution in [2.24, 2.45) is 5.10 Å². The van der Waals surface area contributed by atoms with Crippen molar-refractivity contribution in [2.45, 2.75) is 32.7 Å². The molecule has 0 unspecified atom stereocenters. The molecular formula is C31H33FN4O7. The summed E-state index contributed by atoms with van der Waals surface area (Å²) in [4.78, 5) is 24.5. The van der Waals surface area contributed by atoms with Crippen molar-refractivity contribution in [1.82, 2.24) is 16.1 Å². The molecule has 0 saturated heterocycles. The van der Waals surface area contributed by atoms with Crippen molar-refractivity contribution in [3.8, 4) is 17.2 Å². The van der Waals surface area contributed by atoms with E-state index in [-0.39, 0.29) is 24.6 Å². The molecule has 4 rings (SSSR count). The van der Waals surface area contributed by atoms with Crippen LogP contribution in [0.1, 0.15) is 36.6 Å². The van der Waals surface area contributed by atoms with Crippen LogP contribution in [0.4, 0.5) is 9.18 Å². The van der Waals surface area contributed by atoms with Gasteiger partial charge in [-0.15, -0.1) is 0 Å². The SMILES string of the molecule is CCOc1cc([C@@H]2NC(=O)NC(C)=C2C(=O)OC)ccc1OC[C@H](O)N/N=C/c1cccc(OCc2ccc(F)cc2)c1. The zero-order valence-corrected chi connectivity index (χ0v) is 23.9. The minimum atomic E-state index is -1.15. The summed E-state index contributed by atoms with van der Waals surface area (Å²) < 4.78 is 35.3. The summed E-state index contributed by atoms with van der Waals surface area (Å²) in [5, 5.41) is 19.8. The topological polar surface area (TPSA) is 140 Å². The second-order valence-electron chi connectivity index (χ2n) is 9.40. The van der Waals surface area contributed by atoms with Gasteiger partial charge in [0, 0.05) is 5.70 Å². The first-order valence-electron chi connectivity index (χ1n) is 13.5. The van der Waals surface area contributed by atoms with Gasteiger partial charge in [-0.2, -0.15) is 5.10 Å². The lowest BCUT2D eigenvalue weighted by Gasteiger charge is -2.28. The Balaban J connectivity index is 1.35. The summed E-state index contributed by atoms with van der Waals surface area (Å²) >= 11 is 0. The molecule has 0 saturated carbocycles. The molecule has 226 valence electrons. The quantitative estimate of drug-likeness (QED) is 0.101. The summed E-state index contributed by atoms with van der Waals surface area (Å²) in [5.41, 5.74) is 5.40. The van der Waals surface area contributed by atoms with E-state index in [9.17, 15) is 19.1 Å². The largest absolute Gasteiger partial charge is 0.490 e. The van der Waals surface area contributed by atoms with Crippen molar-refractivity contribution in [2.75, 3.05) is 20.3 Å². The normalized spacial score (nSPS) is 15.4. The smallest absolute Gasteiger partial charge is 0.337 e. The Labute approximate surface area is 248 Å². The first-order valence-corrected chi connectivity index (χ1v) is 13.5. The Morgan fingerprint density at radius 1 is 1.09 bits per heavy atom. The Kier molecular flexibility index (Phi) is 10.5. The van der Waals surface area contributed by atoms with Gasteiger partial charge in [0.25, 0.3) is 0 Å². The minimum absolute atomic E-state index is 0.159. The monoisotopic (exact) mass is 592 g/mol. The average Bonchev–Trinajstić information content (AvgIpc) is 3.00. The fraction of sp³-hybridized carbons (Fsp3) is 0.258. The summed E-state index contributed by atoms with van der Waals surface area (Å²) in [6.07, 6.45) is 0.374. The number of ether oxygens (including phenoxy) is 4. The van der Waals surface area contributed by atoms with Crippen LogP contribution in [0, 0.1) is 5.82 Å². The lowest BCUT2D eigenvalue weighted by molar-refractivity contribution is -0.136. The highest BCUT2D eigenvalue weighted by Gasteiger charge is 2.32. The number of aliphatic hydroxyl groups is 1. The van der Waals surface area contributed by atoms with Gasteiger partial charge in [0.15, 0.2) is 17.7 Å². The van der Waals surface area contributed by atoms with Crippen LogP contribution in [0.2, 0.25) is 0 Å². The van der Waals surface area contributed by atoms with Gasteiger partial charge in [-0.05, 0) is 66.9 Å². The van der Waals surface area contributed by atoms with Crippen LogP contribution in [0.25, 0.3) is 0 Å². The third-order valence-electron chi connectivity index (χ3n) is 6.29. The number of nitrogens with zero attached hydrogens (tertiary/aromatic N) is 1. The molecule has 1 heterocycles. The molecule has 1 aliphatic rings. The Morgan fingerprint density at radius 2 is 1.88 bits per heavy atom. The number of allylic oxidation sites excluding steroid dienone is 1. The third-order valence-corrected chi connectivity index (χ3v) is 6.29. The van der Waals surface area contributed by atoms with Crippen LogP contribution in [0.5, 0.6) is 17.2 Å². The van der Waals surface area contributed by atoms with E-state index < -0.39 is 24.3 Å². The van der Waals surface area contributed by atoms with E-state index in [0.717, 1.165) is 11.1 Å². The van der Waals surface area contributed by atoms with Crippen LogP contribution in [-0.4, -0.2) is 49.9 Å². The van der Waals surface area contributed by atoms with Crippen molar-refractivity contribution in [1.29, 1.82) is 0 Å². The van der Waals surface area contributed by atoms with Crippen molar-refractivity contribution >= 4 is 18.2 Å². The Hall–Kier alpha value is -5.10. The second-order valence-corrected chi connectivity index (χ2v) is 9.40. The number of benzene rings is 3. The maximum Gasteiger partial charge on any atom is 0.337 e. The number of methoxy groups -OCH3 is 1. The van der Waals surface area contributed by atoms with Gasteiger partial charge >= 0.3 is 12.0 Å². The number of nitrogens with one attached hydrogen (secondary N) is 3. The number of hydrogen-bond donors (Lipinski definition) is 4. The van der Waals surface area contributed by atoms with Gasteiger partial charge in [-0.1, -0.05) is 30.3 Å². The fourth-order valence-electron chi connectivity index (χ4n) is 4.25. The number of amides is 2. The van der Waals surface area contributed by atoms with Crippen molar-refractivity contribution in [3.63, 3.8) is 0 Å². The maximum absolute atomic E-state index is 13.1. The van der Waals surface area contributed by atoms with Gasteiger partial charge in [0.05, 0.1) is 31.5 Å². The number of halogens is 1. The number of carbonyl (C=O) groups excluding carboxylic acids is 2. The highest BCUT2D eigenvalue weighted by molar-refractivity contribution is 5.95. The van der Waals surface area contributed by atoms with E-state index >= 15 is 0 Å². The van der Waals surface area contributed by atoms with E-state index in [2.05, 4.69) is 21.2 Å². The van der Waals surface area contributed by atoms with E-state index in [4.69, 9.17) is 18.9 Å². The molecule has 2 amide bonds. The van der Waals surface area contributed by atoms with Crippen LogP contribution in [0.15, 0.2) is 83.1 Å². The number of aliphatic hydroxyl groups excluding tert-OH is 1. The zero-order valence-electron chi connectivity index (χ0n) is 23.9. The molecule has 4 N–H and O–H groups in total. The molecule has 1 aliphatic heterocycles. The van der Waals surface area contributed by atoms with Crippen molar-refractivity contribution < 1.29 is 38.0 Å². The number of hydrazone groups is 1. The standard InChI is InChI=1S/C31H33FN4O7/c1-4-41-26-15-22(29-28(30(38)40-3)19(2)34-31(39)35-29)10-13-25(26)43-18-27(37)36-33-16-21-6-5-7-24(14-21)42-17-20-8-11-23(32)12-9-20/h5-16,27,29,36-37H,4,17-18H2,1-3H3,(H2,34,35,39)/b33-16+/t27-,29-/m0/s1. The first kappa shape index (κ1) is 30.8. The molecular weight excluding hydrogens is 559 g/mol. The second kappa shape index (κ2) is 14.7. The summed E-state index contributed by atoms with van der Waals surface area (Å²) in [5.74, 6) is 0.441. The summed E-state index contributed by atoms with van der Waals surface area (Å²) in [6.45, 7) is 3.88.